The minimum absolute atomic E-state index is 0.0945. The second-order valence-electron chi connectivity index (χ2n) is 6.17. The van der Waals surface area contributed by atoms with Gasteiger partial charge in [-0.25, -0.2) is 0 Å². The molecule has 0 unspecified atom stereocenters. The Morgan fingerprint density at radius 3 is 2.32 bits per heavy atom. The van der Waals surface area contributed by atoms with Gasteiger partial charge in [0.2, 0.25) is 5.91 Å². The second-order valence-corrected chi connectivity index (χ2v) is 6.17. The monoisotopic (exact) mass is 272 g/mol. The van der Waals surface area contributed by atoms with E-state index in [1.807, 2.05) is 30.6 Å². The zero-order valence-corrected chi connectivity index (χ0v) is 12.8. The first-order valence-corrected chi connectivity index (χ1v) is 7.09. The summed E-state index contributed by atoms with van der Waals surface area (Å²) in [5.41, 5.74) is -0.776. The number of ether oxygens (including phenoxy) is 1. The van der Waals surface area contributed by atoms with E-state index in [-0.39, 0.29) is 18.1 Å². The summed E-state index contributed by atoms with van der Waals surface area (Å²) in [6, 6.07) is 0. The smallest absolute Gasteiger partial charge is 0.236 e. The van der Waals surface area contributed by atoms with Crippen LogP contribution >= 0.6 is 0 Å². The summed E-state index contributed by atoms with van der Waals surface area (Å²) >= 11 is 0. The van der Waals surface area contributed by atoms with Gasteiger partial charge in [0, 0.05) is 19.6 Å². The molecule has 1 amide bonds. The zero-order chi connectivity index (χ0) is 14.6. The molecule has 5 heteroatoms. The fraction of sp³-hybridized carbons (Fsp3) is 0.929. The molecular weight excluding hydrogens is 244 g/mol. The molecule has 1 heterocycles. The quantitative estimate of drug-likeness (QED) is 0.801. The lowest BCUT2D eigenvalue weighted by molar-refractivity contribution is -0.144. The van der Waals surface area contributed by atoms with Crippen LogP contribution in [0.2, 0.25) is 0 Å². The van der Waals surface area contributed by atoms with Crippen LogP contribution in [0.1, 0.15) is 34.6 Å². The molecule has 1 aliphatic rings. The van der Waals surface area contributed by atoms with Crippen LogP contribution in [-0.4, -0.2) is 71.3 Å². The van der Waals surface area contributed by atoms with E-state index in [2.05, 4.69) is 0 Å². The molecule has 112 valence electrons. The maximum Gasteiger partial charge on any atom is 0.236 e. The van der Waals surface area contributed by atoms with Crippen molar-refractivity contribution >= 4 is 5.91 Å². The van der Waals surface area contributed by atoms with Crippen molar-refractivity contribution in [2.45, 2.75) is 52.4 Å². The molecule has 1 N–H and O–H groups in total. The molecule has 0 spiro atoms. The van der Waals surface area contributed by atoms with Crippen LogP contribution in [0.15, 0.2) is 0 Å². The van der Waals surface area contributed by atoms with Gasteiger partial charge >= 0.3 is 0 Å². The molecule has 0 aliphatic carbocycles. The van der Waals surface area contributed by atoms with Crippen LogP contribution in [0.3, 0.4) is 0 Å². The molecule has 0 saturated carbocycles. The molecular formula is C14H28N2O3. The van der Waals surface area contributed by atoms with Crippen molar-refractivity contribution in [1.29, 1.82) is 0 Å². The lowest BCUT2D eigenvalue weighted by Gasteiger charge is -2.37. The number of carbonyl (C=O) groups is 1. The summed E-state index contributed by atoms with van der Waals surface area (Å²) in [4.78, 5) is 16.1. The molecule has 1 rings (SSSR count). The van der Waals surface area contributed by atoms with E-state index < -0.39 is 5.60 Å². The average Bonchev–Trinajstić information content (AvgIpc) is 2.24. The number of nitrogens with zero attached hydrogens (tertiary/aromatic N) is 2. The number of hydrogen-bond acceptors (Lipinski definition) is 4. The lowest BCUT2D eigenvalue weighted by atomic mass is 10.1. The van der Waals surface area contributed by atoms with Crippen molar-refractivity contribution in [2.24, 2.45) is 0 Å². The predicted octanol–water partition coefficient (Wildman–Crippen LogP) is 0.715. The fourth-order valence-corrected chi connectivity index (χ4v) is 2.50. The highest BCUT2D eigenvalue weighted by atomic mass is 16.5. The Morgan fingerprint density at radius 1 is 1.37 bits per heavy atom. The Hall–Kier alpha value is -0.650. The molecule has 0 aromatic rings. The number of hydrogen-bond donors (Lipinski definition) is 1. The van der Waals surface area contributed by atoms with Gasteiger partial charge in [-0.1, -0.05) is 6.92 Å². The lowest BCUT2D eigenvalue weighted by Crippen LogP contribution is -2.52. The van der Waals surface area contributed by atoms with Crippen LogP contribution in [0, 0.1) is 0 Å². The van der Waals surface area contributed by atoms with Gasteiger partial charge in [0.1, 0.15) is 0 Å². The second kappa shape index (κ2) is 6.68. The molecule has 2 atom stereocenters. The first kappa shape index (κ1) is 16.4. The van der Waals surface area contributed by atoms with Crippen LogP contribution in [-0.2, 0) is 9.53 Å². The van der Waals surface area contributed by atoms with Gasteiger partial charge < -0.3 is 14.7 Å². The van der Waals surface area contributed by atoms with Gasteiger partial charge in [0.25, 0.3) is 0 Å². The number of likely N-dealkylation sites (N-methyl/N-ethyl adjacent to an activating group) is 1. The van der Waals surface area contributed by atoms with Gasteiger partial charge in [-0.2, -0.15) is 0 Å². The Labute approximate surface area is 116 Å². The van der Waals surface area contributed by atoms with Gasteiger partial charge in [-0.15, -0.1) is 0 Å². The summed E-state index contributed by atoms with van der Waals surface area (Å²) in [6.45, 7) is 12.4. The van der Waals surface area contributed by atoms with Crippen molar-refractivity contribution in [3.63, 3.8) is 0 Å². The summed E-state index contributed by atoms with van der Waals surface area (Å²) in [5.74, 6) is 0.119. The van der Waals surface area contributed by atoms with E-state index in [0.717, 1.165) is 6.54 Å². The van der Waals surface area contributed by atoms with Crippen LogP contribution < -0.4 is 0 Å². The summed E-state index contributed by atoms with van der Waals surface area (Å²) in [6.07, 6.45) is 0.189. The SMILES string of the molecule is CCN(CC(=O)N1C[C@@H](C)O[C@@H](C)C1)CC(C)(C)O. The fourth-order valence-electron chi connectivity index (χ4n) is 2.50. The molecule has 5 nitrogen and oxygen atoms in total. The third-order valence-corrected chi connectivity index (χ3v) is 3.19. The minimum Gasteiger partial charge on any atom is -0.389 e. The summed E-state index contributed by atoms with van der Waals surface area (Å²) in [7, 11) is 0. The maximum atomic E-state index is 12.3. The van der Waals surface area contributed by atoms with E-state index >= 15 is 0 Å². The van der Waals surface area contributed by atoms with Crippen LogP contribution in [0.5, 0.6) is 0 Å². The molecule has 1 fully saturated rings. The third-order valence-electron chi connectivity index (χ3n) is 3.19. The standard InChI is InChI=1S/C14H28N2O3/c1-6-15(10-14(4,5)18)9-13(17)16-7-11(2)19-12(3)8-16/h11-12,18H,6-10H2,1-5H3/t11-,12+. The Bertz CT molecular complexity index is 292. The number of morpholine rings is 1. The molecule has 0 aromatic carbocycles. The van der Waals surface area contributed by atoms with Gasteiger partial charge in [0.15, 0.2) is 0 Å². The highest BCUT2D eigenvalue weighted by Crippen LogP contribution is 2.12. The normalized spacial score (nSPS) is 24.9. The molecule has 19 heavy (non-hydrogen) atoms. The van der Waals surface area contributed by atoms with E-state index in [1.54, 1.807) is 13.8 Å². The van der Waals surface area contributed by atoms with Crippen molar-refractivity contribution in [1.82, 2.24) is 9.80 Å². The largest absolute Gasteiger partial charge is 0.389 e. The van der Waals surface area contributed by atoms with Gasteiger partial charge in [-0.3, -0.25) is 9.69 Å². The molecule has 1 saturated heterocycles. The van der Waals surface area contributed by atoms with E-state index in [1.165, 1.54) is 0 Å². The number of rotatable bonds is 5. The highest BCUT2D eigenvalue weighted by Gasteiger charge is 2.27. The van der Waals surface area contributed by atoms with E-state index in [9.17, 15) is 9.90 Å². The summed E-state index contributed by atoms with van der Waals surface area (Å²) in [5, 5.41) is 9.84. The molecule has 0 radical (unpaired) electrons. The highest BCUT2D eigenvalue weighted by molar-refractivity contribution is 5.78. The van der Waals surface area contributed by atoms with Crippen molar-refractivity contribution in [3.05, 3.63) is 0 Å². The van der Waals surface area contributed by atoms with Crippen molar-refractivity contribution in [2.75, 3.05) is 32.7 Å². The molecule has 1 aliphatic heterocycles. The number of amides is 1. The Kier molecular flexibility index (Phi) is 5.77. The molecule has 0 bridgehead atoms. The third kappa shape index (κ3) is 5.89. The number of carbonyl (C=O) groups excluding carboxylic acids is 1. The Morgan fingerprint density at radius 2 is 1.89 bits per heavy atom. The van der Waals surface area contributed by atoms with Crippen molar-refractivity contribution in [3.8, 4) is 0 Å². The van der Waals surface area contributed by atoms with E-state index in [0.29, 0.717) is 26.2 Å². The molecule has 0 aromatic heterocycles. The summed E-state index contributed by atoms with van der Waals surface area (Å²) < 4.78 is 5.63. The van der Waals surface area contributed by atoms with Crippen LogP contribution in [0.25, 0.3) is 0 Å². The van der Waals surface area contributed by atoms with E-state index in [4.69, 9.17) is 4.74 Å². The van der Waals surface area contributed by atoms with Crippen LogP contribution in [0.4, 0.5) is 0 Å². The topological polar surface area (TPSA) is 53.0 Å². The zero-order valence-electron chi connectivity index (χ0n) is 12.8. The number of aliphatic hydroxyl groups is 1. The first-order valence-electron chi connectivity index (χ1n) is 7.09. The minimum atomic E-state index is -0.776. The van der Waals surface area contributed by atoms with Gasteiger partial charge in [0.05, 0.1) is 24.4 Å². The van der Waals surface area contributed by atoms with Gasteiger partial charge in [-0.05, 0) is 34.2 Å². The van der Waals surface area contributed by atoms with Crippen molar-refractivity contribution < 1.29 is 14.6 Å². The average molecular weight is 272 g/mol. The maximum absolute atomic E-state index is 12.3. The first-order chi connectivity index (χ1) is 8.71. The Balaban J connectivity index is 2.52. The predicted molar refractivity (Wildman–Crippen MR) is 75.0 cm³/mol.